The lowest BCUT2D eigenvalue weighted by Crippen LogP contribution is -2.28. The third-order valence-electron chi connectivity index (χ3n) is 3.36. The number of halogens is 1. The van der Waals surface area contributed by atoms with Gasteiger partial charge in [-0.25, -0.2) is 22.3 Å². The second-order valence-corrected chi connectivity index (χ2v) is 6.64. The van der Waals surface area contributed by atoms with Gasteiger partial charge < -0.3 is 5.11 Å². The molecule has 0 bridgehead atoms. The van der Waals surface area contributed by atoms with Crippen LogP contribution in [0, 0.1) is 11.7 Å². The van der Waals surface area contributed by atoms with Gasteiger partial charge in [-0.1, -0.05) is 13.3 Å². The number of rotatable bonds is 6. The summed E-state index contributed by atoms with van der Waals surface area (Å²) in [5.41, 5.74) is -0.257. The second kappa shape index (κ2) is 5.49. The Bertz CT molecular complexity index is 629. The maximum absolute atomic E-state index is 13.6. The number of sulfonamides is 1. The van der Waals surface area contributed by atoms with Crippen LogP contribution in [0.15, 0.2) is 23.1 Å². The Kier molecular flexibility index (Phi) is 4.10. The van der Waals surface area contributed by atoms with E-state index in [1.807, 2.05) is 6.92 Å². The van der Waals surface area contributed by atoms with Crippen LogP contribution in [0.1, 0.15) is 36.5 Å². The van der Waals surface area contributed by atoms with Crippen molar-refractivity contribution in [3.8, 4) is 0 Å². The standard InChI is InChI=1S/C13H16FNO4S/c1-2-3-8-6-11(8)15-20(18,19)12-7-9(13(16)17)4-5-10(12)14/h4-5,7-8,11,15H,2-3,6H2,1H3,(H,16,17). The van der Waals surface area contributed by atoms with Gasteiger partial charge in [0.25, 0.3) is 0 Å². The van der Waals surface area contributed by atoms with E-state index in [1.165, 1.54) is 0 Å². The summed E-state index contributed by atoms with van der Waals surface area (Å²) in [7, 11) is -4.02. The molecule has 0 aliphatic heterocycles. The quantitative estimate of drug-likeness (QED) is 0.841. The predicted octanol–water partition coefficient (Wildman–Crippen LogP) is 1.99. The molecular weight excluding hydrogens is 285 g/mol. The first kappa shape index (κ1) is 14.9. The summed E-state index contributed by atoms with van der Waals surface area (Å²) < 4.78 is 40.2. The van der Waals surface area contributed by atoms with Crippen LogP contribution in [-0.4, -0.2) is 25.5 Å². The van der Waals surface area contributed by atoms with Crippen molar-refractivity contribution in [3.63, 3.8) is 0 Å². The summed E-state index contributed by atoms with van der Waals surface area (Å²) in [5, 5.41) is 8.83. The van der Waals surface area contributed by atoms with Gasteiger partial charge in [0, 0.05) is 6.04 Å². The van der Waals surface area contributed by atoms with Crippen molar-refractivity contribution in [1.29, 1.82) is 0 Å². The summed E-state index contributed by atoms with van der Waals surface area (Å²) >= 11 is 0. The average molecular weight is 301 g/mol. The summed E-state index contributed by atoms with van der Waals surface area (Å²) in [4.78, 5) is 10.2. The van der Waals surface area contributed by atoms with E-state index in [4.69, 9.17) is 5.11 Å². The van der Waals surface area contributed by atoms with E-state index in [0.717, 1.165) is 37.5 Å². The number of aromatic carboxylic acids is 1. The molecule has 1 aliphatic rings. The van der Waals surface area contributed by atoms with E-state index in [9.17, 15) is 17.6 Å². The Hall–Kier alpha value is -1.47. The Morgan fingerprint density at radius 3 is 2.80 bits per heavy atom. The zero-order chi connectivity index (χ0) is 14.9. The van der Waals surface area contributed by atoms with Gasteiger partial charge in [-0.2, -0.15) is 0 Å². The van der Waals surface area contributed by atoms with Gasteiger partial charge >= 0.3 is 5.97 Å². The highest BCUT2D eigenvalue weighted by Crippen LogP contribution is 2.35. The molecule has 1 fully saturated rings. The number of benzene rings is 1. The topological polar surface area (TPSA) is 83.5 Å². The fourth-order valence-corrected chi connectivity index (χ4v) is 3.61. The van der Waals surface area contributed by atoms with Crippen LogP contribution in [0.25, 0.3) is 0 Å². The molecule has 1 aromatic carbocycles. The minimum atomic E-state index is -4.02. The highest BCUT2D eigenvalue weighted by Gasteiger charge is 2.39. The van der Waals surface area contributed by atoms with Crippen LogP contribution in [0.3, 0.4) is 0 Å². The maximum Gasteiger partial charge on any atom is 0.335 e. The van der Waals surface area contributed by atoms with Crippen LogP contribution < -0.4 is 4.72 Å². The van der Waals surface area contributed by atoms with Crippen LogP contribution >= 0.6 is 0 Å². The molecule has 0 amide bonds. The first-order valence-corrected chi connectivity index (χ1v) is 7.88. The molecule has 20 heavy (non-hydrogen) atoms. The van der Waals surface area contributed by atoms with Crippen molar-refractivity contribution in [2.75, 3.05) is 0 Å². The van der Waals surface area contributed by atoms with Gasteiger partial charge in [0.05, 0.1) is 5.56 Å². The van der Waals surface area contributed by atoms with Crippen molar-refractivity contribution in [2.24, 2.45) is 5.92 Å². The lowest BCUT2D eigenvalue weighted by atomic mass is 10.2. The highest BCUT2D eigenvalue weighted by atomic mass is 32.2. The first-order valence-electron chi connectivity index (χ1n) is 6.40. The number of carboxylic acids is 1. The number of carboxylic acid groups (broad SMARTS) is 1. The largest absolute Gasteiger partial charge is 0.478 e. The van der Waals surface area contributed by atoms with E-state index < -0.39 is 26.7 Å². The SMILES string of the molecule is CCCC1CC1NS(=O)(=O)c1cc(C(=O)O)ccc1F. The van der Waals surface area contributed by atoms with Gasteiger partial charge in [0.2, 0.25) is 10.0 Å². The molecule has 0 aromatic heterocycles. The Labute approximate surface area is 116 Å². The molecule has 0 saturated heterocycles. The number of hydrogen-bond acceptors (Lipinski definition) is 3. The van der Waals surface area contributed by atoms with Crippen LogP contribution in [0.2, 0.25) is 0 Å². The molecule has 110 valence electrons. The number of nitrogens with one attached hydrogen (secondary N) is 1. The van der Waals surface area contributed by atoms with Gasteiger partial charge in [-0.15, -0.1) is 0 Å². The lowest BCUT2D eigenvalue weighted by Gasteiger charge is -2.08. The van der Waals surface area contributed by atoms with Gasteiger partial charge in [0.1, 0.15) is 10.7 Å². The Morgan fingerprint density at radius 2 is 2.20 bits per heavy atom. The Morgan fingerprint density at radius 1 is 1.50 bits per heavy atom. The maximum atomic E-state index is 13.6. The summed E-state index contributed by atoms with van der Waals surface area (Å²) in [6, 6.07) is 2.56. The first-order chi connectivity index (χ1) is 9.35. The van der Waals surface area contributed by atoms with E-state index in [-0.39, 0.29) is 11.6 Å². The molecule has 1 aliphatic carbocycles. The lowest BCUT2D eigenvalue weighted by molar-refractivity contribution is 0.0696. The van der Waals surface area contributed by atoms with E-state index in [2.05, 4.69) is 4.72 Å². The zero-order valence-electron chi connectivity index (χ0n) is 11.0. The van der Waals surface area contributed by atoms with Gasteiger partial charge in [-0.05, 0) is 37.0 Å². The summed E-state index contributed by atoms with van der Waals surface area (Å²) in [6.07, 6.45) is 2.63. The monoisotopic (exact) mass is 301 g/mol. The van der Waals surface area contributed by atoms with Crippen molar-refractivity contribution in [3.05, 3.63) is 29.6 Å². The molecule has 2 rings (SSSR count). The molecular formula is C13H16FNO4S. The molecule has 7 heteroatoms. The summed E-state index contributed by atoms with van der Waals surface area (Å²) in [6.45, 7) is 2.01. The number of carbonyl (C=O) groups is 1. The molecule has 1 saturated carbocycles. The predicted molar refractivity (Wildman–Crippen MR) is 70.5 cm³/mol. The highest BCUT2D eigenvalue weighted by molar-refractivity contribution is 7.89. The molecule has 0 radical (unpaired) electrons. The van der Waals surface area contributed by atoms with Gasteiger partial charge in [-0.3, -0.25) is 0 Å². The van der Waals surface area contributed by atoms with Crippen LogP contribution in [0.5, 0.6) is 0 Å². The molecule has 2 atom stereocenters. The smallest absolute Gasteiger partial charge is 0.335 e. The fraction of sp³-hybridized carbons (Fsp3) is 0.462. The molecule has 1 aromatic rings. The molecule has 0 spiro atoms. The Balaban J connectivity index is 2.21. The third kappa shape index (κ3) is 3.16. The van der Waals surface area contributed by atoms with Crippen molar-refractivity contribution >= 4 is 16.0 Å². The van der Waals surface area contributed by atoms with Crippen molar-refractivity contribution in [1.82, 2.24) is 4.72 Å². The molecule has 0 heterocycles. The minimum Gasteiger partial charge on any atom is -0.478 e. The normalized spacial score (nSPS) is 21.7. The van der Waals surface area contributed by atoms with E-state index in [0.29, 0.717) is 5.92 Å². The molecule has 2 N–H and O–H groups in total. The average Bonchev–Trinajstić information content (AvgIpc) is 3.06. The summed E-state index contributed by atoms with van der Waals surface area (Å²) in [5.74, 6) is -1.95. The van der Waals surface area contributed by atoms with E-state index >= 15 is 0 Å². The van der Waals surface area contributed by atoms with Crippen molar-refractivity contribution < 1.29 is 22.7 Å². The minimum absolute atomic E-state index is 0.173. The second-order valence-electron chi connectivity index (χ2n) is 4.96. The van der Waals surface area contributed by atoms with Gasteiger partial charge in [0.15, 0.2) is 0 Å². The zero-order valence-corrected chi connectivity index (χ0v) is 11.8. The molecule has 2 unspecified atom stereocenters. The van der Waals surface area contributed by atoms with Crippen LogP contribution in [0.4, 0.5) is 4.39 Å². The van der Waals surface area contributed by atoms with Crippen molar-refractivity contribution in [2.45, 2.75) is 37.1 Å². The molecule has 5 nitrogen and oxygen atoms in total. The number of hydrogen-bond donors (Lipinski definition) is 2. The van der Waals surface area contributed by atoms with Crippen LogP contribution in [-0.2, 0) is 10.0 Å². The third-order valence-corrected chi connectivity index (χ3v) is 4.86. The van der Waals surface area contributed by atoms with E-state index in [1.54, 1.807) is 0 Å². The fourth-order valence-electron chi connectivity index (χ4n) is 2.19.